The highest BCUT2D eigenvalue weighted by Gasteiger charge is 2.17. The van der Waals surface area contributed by atoms with Crippen molar-refractivity contribution in [3.63, 3.8) is 0 Å². The Morgan fingerprint density at radius 2 is 2.00 bits per heavy atom. The van der Waals surface area contributed by atoms with Gasteiger partial charge in [0, 0.05) is 4.47 Å². The van der Waals surface area contributed by atoms with Crippen molar-refractivity contribution < 1.29 is 9.53 Å². The Kier molecular flexibility index (Phi) is 4.01. The molecule has 1 heterocycles. The minimum absolute atomic E-state index is 0.0288. The van der Waals surface area contributed by atoms with Gasteiger partial charge in [0.2, 0.25) is 5.78 Å². The van der Waals surface area contributed by atoms with Gasteiger partial charge in [-0.1, -0.05) is 12.1 Å². The molecule has 0 fully saturated rings. The van der Waals surface area contributed by atoms with E-state index >= 15 is 0 Å². The number of carbonyl (C=O) groups excluding carboxylic acids is 1. The Labute approximate surface area is 120 Å². The number of thiophene rings is 1. The first-order chi connectivity index (χ1) is 8.13. The van der Waals surface area contributed by atoms with Crippen LogP contribution in [0.1, 0.15) is 15.2 Å². The summed E-state index contributed by atoms with van der Waals surface area (Å²) in [5.74, 6) is 0.567. The van der Waals surface area contributed by atoms with Crippen LogP contribution in [0.25, 0.3) is 0 Å². The van der Waals surface area contributed by atoms with E-state index in [1.165, 1.54) is 11.3 Å². The third-order valence-corrected chi connectivity index (χ3v) is 5.48. The highest BCUT2D eigenvalue weighted by atomic mass is 79.9. The van der Waals surface area contributed by atoms with Gasteiger partial charge in [-0.3, -0.25) is 4.79 Å². The van der Waals surface area contributed by atoms with Gasteiger partial charge in [-0.05, 0) is 50.1 Å². The van der Waals surface area contributed by atoms with Crippen LogP contribution >= 0.6 is 43.2 Å². The first-order valence-electron chi connectivity index (χ1n) is 4.76. The molecule has 0 saturated heterocycles. The zero-order valence-corrected chi connectivity index (χ0v) is 12.9. The van der Waals surface area contributed by atoms with Crippen LogP contribution in [0.15, 0.2) is 38.6 Å². The molecular formula is C12H8Br2O2S. The van der Waals surface area contributed by atoms with E-state index in [9.17, 15) is 4.79 Å². The number of hydrogen-bond donors (Lipinski definition) is 0. The maximum Gasteiger partial charge on any atom is 0.206 e. The van der Waals surface area contributed by atoms with E-state index in [-0.39, 0.29) is 5.78 Å². The van der Waals surface area contributed by atoms with Crippen molar-refractivity contribution in [2.45, 2.75) is 0 Å². The molecule has 0 spiro atoms. The van der Waals surface area contributed by atoms with Crippen molar-refractivity contribution in [2.75, 3.05) is 7.11 Å². The molecule has 5 heteroatoms. The second-order valence-corrected chi connectivity index (χ2v) is 6.49. The standard InChI is InChI=1S/C12H8Br2O2S/c1-16-9-5-3-2-4-7(9)11(15)10-6-8(13)12(14)17-10/h2-6H,1H3. The van der Waals surface area contributed by atoms with Gasteiger partial charge in [0.15, 0.2) is 0 Å². The predicted molar refractivity (Wildman–Crippen MR) is 76.1 cm³/mol. The third kappa shape index (κ3) is 2.61. The van der Waals surface area contributed by atoms with E-state index in [1.54, 1.807) is 19.2 Å². The summed E-state index contributed by atoms with van der Waals surface area (Å²) >= 11 is 8.15. The van der Waals surface area contributed by atoms with Gasteiger partial charge in [0.25, 0.3) is 0 Å². The maximum atomic E-state index is 12.3. The largest absolute Gasteiger partial charge is 0.496 e. The lowest BCUT2D eigenvalue weighted by atomic mass is 10.1. The van der Waals surface area contributed by atoms with Crippen molar-refractivity contribution in [3.05, 3.63) is 49.0 Å². The SMILES string of the molecule is COc1ccccc1C(=O)c1cc(Br)c(Br)s1. The average Bonchev–Trinajstić information content (AvgIpc) is 2.68. The fourth-order valence-corrected chi connectivity index (χ4v) is 3.41. The molecule has 0 N–H and O–H groups in total. The van der Waals surface area contributed by atoms with E-state index in [4.69, 9.17) is 4.74 Å². The quantitative estimate of drug-likeness (QED) is 0.737. The molecule has 1 aromatic carbocycles. The van der Waals surface area contributed by atoms with E-state index < -0.39 is 0 Å². The molecule has 0 unspecified atom stereocenters. The summed E-state index contributed by atoms with van der Waals surface area (Å²) in [7, 11) is 1.56. The average molecular weight is 376 g/mol. The Balaban J connectivity index is 2.43. The summed E-state index contributed by atoms with van der Waals surface area (Å²) in [5.41, 5.74) is 0.580. The summed E-state index contributed by atoms with van der Waals surface area (Å²) in [6.45, 7) is 0. The van der Waals surface area contributed by atoms with Crippen LogP contribution in [0.5, 0.6) is 5.75 Å². The number of ether oxygens (including phenoxy) is 1. The first-order valence-corrected chi connectivity index (χ1v) is 7.16. The Morgan fingerprint density at radius 3 is 2.59 bits per heavy atom. The van der Waals surface area contributed by atoms with Gasteiger partial charge in [0.05, 0.1) is 21.3 Å². The van der Waals surface area contributed by atoms with Gasteiger partial charge in [0.1, 0.15) is 5.75 Å². The topological polar surface area (TPSA) is 26.3 Å². The summed E-state index contributed by atoms with van der Waals surface area (Å²) in [6, 6.07) is 9.03. The molecule has 0 atom stereocenters. The number of methoxy groups -OCH3 is 1. The predicted octanol–water partition coefficient (Wildman–Crippen LogP) is 4.51. The molecule has 0 aliphatic carbocycles. The van der Waals surface area contributed by atoms with Crippen molar-refractivity contribution in [1.29, 1.82) is 0 Å². The highest BCUT2D eigenvalue weighted by Crippen LogP contribution is 2.34. The smallest absolute Gasteiger partial charge is 0.206 e. The Morgan fingerprint density at radius 1 is 1.29 bits per heavy atom. The fraction of sp³-hybridized carbons (Fsp3) is 0.0833. The van der Waals surface area contributed by atoms with Crippen LogP contribution in [0, 0.1) is 0 Å². The monoisotopic (exact) mass is 374 g/mol. The number of para-hydroxylation sites is 1. The molecule has 1 aromatic heterocycles. The van der Waals surface area contributed by atoms with E-state index in [2.05, 4.69) is 31.9 Å². The van der Waals surface area contributed by atoms with Crippen LogP contribution in [0.2, 0.25) is 0 Å². The maximum absolute atomic E-state index is 12.3. The molecule has 0 saturated carbocycles. The number of benzene rings is 1. The minimum Gasteiger partial charge on any atom is -0.496 e. The first kappa shape index (κ1) is 12.8. The minimum atomic E-state index is -0.0288. The fourth-order valence-electron chi connectivity index (χ4n) is 1.42. The second kappa shape index (κ2) is 5.33. The van der Waals surface area contributed by atoms with Gasteiger partial charge in [-0.25, -0.2) is 0 Å². The highest BCUT2D eigenvalue weighted by molar-refractivity contribution is 9.13. The molecule has 2 rings (SSSR count). The van der Waals surface area contributed by atoms with Crippen molar-refractivity contribution in [2.24, 2.45) is 0 Å². The molecule has 17 heavy (non-hydrogen) atoms. The third-order valence-electron chi connectivity index (χ3n) is 2.22. The molecule has 2 nitrogen and oxygen atoms in total. The van der Waals surface area contributed by atoms with E-state index in [0.717, 1.165) is 8.26 Å². The number of halogens is 2. The molecule has 0 aliphatic heterocycles. The van der Waals surface area contributed by atoms with Gasteiger partial charge < -0.3 is 4.74 Å². The summed E-state index contributed by atoms with van der Waals surface area (Å²) in [6.07, 6.45) is 0. The molecule has 0 amide bonds. The Hall–Kier alpha value is -0.650. The molecule has 0 bridgehead atoms. The van der Waals surface area contributed by atoms with Crippen LogP contribution < -0.4 is 4.74 Å². The lowest BCUT2D eigenvalue weighted by molar-refractivity contribution is 0.103. The summed E-state index contributed by atoms with van der Waals surface area (Å²) in [5, 5.41) is 0. The van der Waals surface area contributed by atoms with Crippen LogP contribution in [0.3, 0.4) is 0 Å². The van der Waals surface area contributed by atoms with Crippen molar-refractivity contribution in [3.8, 4) is 5.75 Å². The lowest BCUT2D eigenvalue weighted by Crippen LogP contribution is -2.01. The summed E-state index contributed by atoms with van der Waals surface area (Å²) < 4.78 is 6.99. The van der Waals surface area contributed by atoms with Gasteiger partial charge in [-0.15, -0.1) is 11.3 Å². The second-order valence-electron chi connectivity index (χ2n) is 3.26. The lowest BCUT2D eigenvalue weighted by Gasteiger charge is -2.05. The number of carbonyl (C=O) groups is 1. The van der Waals surface area contributed by atoms with E-state index in [0.29, 0.717) is 16.2 Å². The molecule has 0 radical (unpaired) electrons. The molecule has 2 aromatic rings. The van der Waals surface area contributed by atoms with Crippen molar-refractivity contribution in [1.82, 2.24) is 0 Å². The number of ketones is 1. The van der Waals surface area contributed by atoms with Crippen LogP contribution in [0.4, 0.5) is 0 Å². The Bertz CT molecular complexity index is 544. The van der Waals surface area contributed by atoms with Gasteiger partial charge >= 0.3 is 0 Å². The van der Waals surface area contributed by atoms with Crippen LogP contribution in [-0.2, 0) is 0 Å². The van der Waals surface area contributed by atoms with Crippen LogP contribution in [-0.4, -0.2) is 12.9 Å². The number of rotatable bonds is 3. The zero-order chi connectivity index (χ0) is 12.4. The van der Waals surface area contributed by atoms with Crippen molar-refractivity contribution >= 4 is 49.0 Å². The van der Waals surface area contributed by atoms with Gasteiger partial charge in [-0.2, -0.15) is 0 Å². The normalized spacial score (nSPS) is 10.3. The molecule has 88 valence electrons. The number of hydrogen-bond acceptors (Lipinski definition) is 3. The van der Waals surface area contributed by atoms with E-state index in [1.807, 2.05) is 18.2 Å². The molecule has 0 aliphatic rings. The zero-order valence-electron chi connectivity index (χ0n) is 8.87. The summed E-state index contributed by atoms with van der Waals surface area (Å²) in [4.78, 5) is 13.0. The molecular weight excluding hydrogens is 368 g/mol.